The summed E-state index contributed by atoms with van der Waals surface area (Å²) in [5, 5.41) is 0. The van der Waals surface area contributed by atoms with Crippen molar-refractivity contribution < 1.29 is 41.0 Å². The average Bonchev–Trinajstić information content (AvgIpc) is 2.60. The fraction of sp³-hybridized carbons (Fsp3) is 0.588. The van der Waals surface area contributed by atoms with Gasteiger partial charge in [-0.3, -0.25) is 0 Å². The topological polar surface area (TPSA) is 58.4 Å². The summed E-state index contributed by atoms with van der Waals surface area (Å²) in [6.07, 6.45) is 0.854. The molecule has 0 unspecified atom stereocenters. The Morgan fingerprint density at radius 3 is 2.67 bits per heavy atom. The monoisotopic (exact) mass is 359 g/mol. The van der Waals surface area contributed by atoms with Gasteiger partial charge in [-0.1, -0.05) is 13.0 Å². The summed E-state index contributed by atoms with van der Waals surface area (Å²) >= 11 is 0. The van der Waals surface area contributed by atoms with Gasteiger partial charge < -0.3 is 36.3 Å². The molecule has 24 heavy (non-hydrogen) atoms. The maximum Gasteiger partial charge on any atom is 0.342 e. The number of esters is 1. The molecule has 2 rings (SSSR count). The summed E-state index contributed by atoms with van der Waals surface area (Å²) in [6, 6.07) is 5.25. The van der Waals surface area contributed by atoms with Gasteiger partial charge in [-0.25, -0.2) is 4.79 Å². The zero-order valence-electron chi connectivity index (χ0n) is 14.3. The second-order valence-corrected chi connectivity index (χ2v) is 5.43. The van der Waals surface area contributed by atoms with E-state index in [4.69, 9.17) is 18.9 Å². The molecule has 1 aliphatic rings. The van der Waals surface area contributed by atoms with Crippen LogP contribution in [0, 0.1) is 0 Å². The van der Waals surface area contributed by atoms with Gasteiger partial charge in [0.05, 0.1) is 26.9 Å². The van der Waals surface area contributed by atoms with Crippen molar-refractivity contribution in [2.24, 2.45) is 0 Å². The third kappa shape index (κ3) is 5.85. The molecule has 0 saturated carbocycles. The molecule has 1 aromatic rings. The van der Waals surface area contributed by atoms with Gasteiger partial charge in [-0.2, -0.15) is 0 Å². The van der Waals surface area contributed by atoms with Crippen molar-refractivity contribution >= 4 is 5.97 Å². The molecule has 136 valence electrons. The molecule has 0 radical (unpaired) electrons. The summed E-state index contributed by atoms with van der Waals surface area (Å²) in [4.78, 5) is 13.7. The molecule has 1 saturated heterocycles. The Hall–Kier alpha value is -1.50. The smallest absolute Gasteiger partial charge is 0.342 e. The van der Waals surface area contributed by atoms with Crippen molar-refractivity contribution in [3.05, 3.63) is 23.8 Å². The summed E-state index contributed by atoms with van der Waals surface area (Å²) < 4.78 is 21.7. The van der Waals surface area contributed by atoms with E-state index in [-0.39, 0.29) is 18.4 Å². The Balaban J connectivity index is 0.00000288. The van der Waals surface area contributed by atoms with Gasteiger partial charge in [0.2, 0.25) is 0 Å². The first-order valence-corrected chi connectivity index (χ1v) is 8.14. The van der Waals surface area contributed by atoms with Crippen LogP contribution in [0.15, 0.2) is 18.2 Å². The van der Waals surface area contributed by atoms with Gasteiger partial charge in [-0.15, -0.1) is 0 Å². The molecule has 0 spiro atoms. The fourth-order valence-electron chi connectivity index (χ4n) is 2.47. The zero-order valence-corrected chi connectivity index (χ0v) is 15.1. The van der Waals surface area contributed by atoms with Crippen molar-refractivity contribution in [1.29, 1.82) is 0 Å². The molecule has 1 fully saturated rings. The number of nitrogens with one attached hydrogen (secondary N) is 1. The largest absolute Gasteiger partial charge is 1.00 e. The molecular weight excluding hydrogens is 334 g/mol. The molecule has 0 atom stereocenters. The van der Waals surface area contributed by atoms with E-state index in [9.17, 15) is 4.79 Å². The van der Waals surface area contributed by atoms with Crippen LogP contribution in [0.1, 0.15) is 23.7 Å². The first-order valence-electron chi connectivity index (χ1n) is 8.14. The number of methoxy groups -OCH3 is 1. The third-order valence-corrected chi connectivity index (χ3v) is 3.76. The number of para-hydroxylation sites is 1. The first-order chi connectivity index (χ1) is 11.3. The predicted molar refractivity (Wildman–Crippen MR) is 85.4 cm³/mol. The number of ether oxygens (including phenoxy) is 4. The molecule has 0 aliphatic carbocycles. The number of benzene rings is 1. The minimum absolute atomic E-state index is 0. The molecule has 1 aliphatic heterocycles. The molecule has 0 aromatic heterocycles. The van der Waals surface area contributed by atoms with E-state index in [0.717, 1.165) is 39.3 Å². The lowest BCUT2D eigenvalue weighted by Gasteiger charge is -2.23. The molecule has 1 aromatic carbocycles. The van der Waals surface area contributed by atoms with Crippen molar-refractivity contribution in [2.75, 3.05) is 53.2 Å². The number of hydrogen-bond donors (Lipinski definition) is 1. The SMILES string of the molecule is CCCOc1c(OC)cccc1C(=O)OCC[NH+]1CCOCC1.[Cl-]. The number of halogens is 1. The zero-order chi connectivity index (χ0) is 16.5. The van der Waals surface area contributed by atoms with Crippen molar-refractivity contribution in [3.63, 3.8) is 0 Å². The van der Waals surface area contributed by atoms with Gasteiger partial charge in [0.15, 0.2) is 11.5 Å². The van der Waals surface area contributed by atoms with Crippen LogP contribution in [0.5, 0.6) is 11.5 Å². The molecule has 6 nitrogen and oxygen atoms in total. The highest BCUT2D eigenvalue weighted by Crippen LogP contribution is 2.31. The van der Waals surface area contributed by atoms with Gasteiger partial charge in [0.25, 0.3) is 0 Å². The van der Waals surface area contributed by atoms with E-state index in [1.54, 1.807) is 25.3 Å². The van der Waals surface area contributed by atoms with Crippen LogP contribution in [-0.2, 0) is 9.47 Å². The number of quaternary nitrogens is 1. The summed E-state index contributed by atoms with van der Waals surface area (Å²) in [5.41, 5.74) is 0.412. The van der Waals surface area contributed by atoms with Crippen LogP contribution in [-0.4, -0.2) is 59.1 Å². The average molecular weight is 360 g/mol. The van der Waals surface area contributed by atoms with Crippen LogP contribution in [0.25, 0.3) is 0 Å². The highest BCUT2D eigenvalue weighted by atomic mass is 35.5. The Labute approximate surface area is 149 Å². The van der Waals surface area contributed by atoms with Gasteiger partial charge >= 0.3 is 5.97 Å². The fourth-order valence-corrected chi connectivity index (χ4v) is 2.47. The first kappa shape index (κ1) is 20.5. The highest BCUT2D eigenvalue weighted by molar-refractivity contribution is 5.93. The molecule has 1 heterocycles. The van der Waals surface area contributed by atoms with E-state index in [2.05, 4.69) is 0 Å². The second kappa shape index (κ2) is 11.1. The van der Waals surface area contributed by atoms with E-state index in [1.165, 1.54) is 4.90 Å². The third-order valence-electron chi connectivity index (χ3n) is 3.76. The lowest BCUT2D eigenvalue weighted by molar-refractivity contribution is -0.908. The molecule has 0 amide bonds. The van der Waals surface area contributed by atoms with Crippen LogP contribution < -0.4 is 26.8 Å². The molecule has 0 bridgehead atoms. The van der Waals surface area contributed by atoms with E-state index < -0.39 is 0 Å². The molecule has 7 heteroatoms. The standard InChI is InChI=1S/C17H25NO5.ClH/c1-3-10-22-16-14(5-4-6-15(16)20-2)17(19)23-13-9-18-7-11-21-12-8-18;/h4-6H,3,7-13H2,1-2H3;1H. The summed E-state index contributed by atoms with van der Waals surface area (Å²) in [5.74, 6) is 0.634. The van der Waals surface area contributed by atoms with Crippen molar-refractivity contribution in [3.8, 4) is 11.5 Å². The summed E-state index contributed by atoms with van der Waals surface area (Å²) in [6.45, 7) is 7.19. The minimum atomic E-state index is -0.373. The lowest BCUT2D eigenvalue weighted by atomic mass is 10.2. The highest BCUT2D eigenvalue weighted by Gasteiger charge is 2.19. The van der Waals surface area contributed by atoms with E-state index >= 15 is 0 Å². The molecule has 1 N–H and O–H groups in total. The Kier molecular flexibility index (Phi) is 9.52. The van der Waals surface area contributed by atoms with Crippen LogP contribution in [0.3, 0.4) is 0 Å². The van der Waals surface area contributed by atoms with Crippen LogP contribution in [0.4, 0.5) is 0 Å². The Morgan fingerprint density at radius 2 is 2.00 bits per heavy atom. The number of hydrogen-bond acceptors (Lipinski definition) is 5. The maximum atomic E-state index is 12.3. The normalized spacial score (nSPS) is 14.6. The number of rotatable bonds is 8. The number of morpholine rings is 1. The summed E-state index contributed by atoms with van der Waals surface area (Å²) in [7, 11) is 1.56. The number of carbonyl (C=O) groups is 1. The van der Waals surface area contributed by atoms with Crippen molar-refractivity contribution in [1.82, 2.24) is 0 Å². The quantitative estimate of drug-likeness (QED) is 0.523. The predicted octanol–water partition coefficient (Wildman–Crippen LogP) is -2.44. The maximum absolute atomic E-state index is 12.3. The van der Waals surface area contributed by atoms with Gasteiger partial charge in [0, 0.05) is 0 Å². The Morgan fingerprint density at radius 1 is 1.25 bits per heavy atom. The molecular formula is C17H26ClNO5. The van der Waals surface area contributed by atoms with E-state index in [0.29, 0.717) is 30.3 Å². The second-order valence-electron chi connectivity index (χ2n) is 5.43. The van der Waals surface area contributed by atoms with Crippen LogP contribution in [0.2, 0.25) is 0 Å². The minimum Gasteiger partial charge on any atom is -1.00 e. The Bertz CT molecular complexity index is 506. The van der Waals surface area contributed by atoms with Gasteiger partial charge in [0.1, 0.15) is 31.8 Å². The lowest BCUT2D eigenvalue weighted by Crippen LogP contribution is -3.14. The van der Waals surface area contributed by atoms with E-state index in [1.807, 2.05) is 6.92 Å². The van der Waals surface area contributed by atoms with Gasteiger partial charge in [-0.05, 0) is 18.6 Å². The van der Waals surface area contributed by atoms with Crippen molar-refractivity contribution in [2.45, 2.75) is 13.3 Å². The number of carbonyl (C=O) groups excluding carboxylic acids is 1. The van der Waals surface area contributed by atoms with Crippen LogP contribution >= 0.6 is 0 Å².